The van der Waals surface area contributed by atoms with Crippen molar-refractivity contribution in [1.29, 1.82) is 5.26 Å². The molecule has 0 aromatic heterocycles. The Balaban J connectivity index is 2.10. The summed E-state index contributed by atoms with van der Waals surface area (Å²) in [5.74, 6) is -0.0353. The van der Waals surface area contributed by atoms with Gasteiger partial charge in [0.2, 0.25) is 0 Å². The van der Waals surface area contributed by atoms with Gasteiger partial charge in [-0.1, -0.05) is 17.7 Å². The third kappa shape index (κ3) is 4.41. The van der Waals surface area contributed by atoms with Crippen LogP contribution in [-0.4, -0.2) is 18.1 Å². The molecule has 0 bridgehead atoms. The molecule has 2 aromatic rings. The zero-order chi connectivity index (χ0) is 17.5. The summed E-state index contributed by atoms with van der Waals surface area (Å²) in [5, 5.41) is 24.2. The van der Waals surface area contributed by atoms with Gasteiger partial charge in [0.15, 0.2) is 0 Å². The predicted molar refractivity (Wildman–Crippen MR) is 92.1 cm³/mol. The number of ether oxygens (including phenoxy) is 1. The molecule has 0 radical (unpaired) electrons. The first kappa shape index (κ1) is 17.2. The molecule has 7 heteroatoms. The van der Waals surface area contributed by atoms with E-state index in [1.165, 1.54) is 31.5 Å². The summed E-state index contributed by atoms with van der Waals surface area (Å²) in [6, 6.07) is 12.9. The van der Waals surface area contributed by atoms with E-state index < -0.39 is 5.91 Å². The third-order valence-corrected chi connectivity index (χ3v) is 3.30. The van der Waals surface area contributed by atoms with Crippen molar-refractivity contribution >= 4 is 28.9 Å². The molecule has 0 unspecified atom stereocenters. The van der Waals surface area contributed by atoms with Crippen molar-refractivity contribution in [2.24, 2.45) is 0 Å². The summed E-state index contributed by atoms with van der Waals surface area (Å²) in [4.78, 5) is 12.1. The van der Waals surface area contributed by atoms with Crippen molar-refractivity contribution in [3.8, 4) is 17.6 Å². The second-order valence-corrected chi connectivity index (χ2v) is 5.08. The fourth-order valence-corrected chi connectivity index (χ4v) is 2.10. The van der Waals surface area contributed by atoms with Gasteiger partial charge < -0.3 is 20.5 Å². The molecular formula is C17H14ClN3O3. The maximum Gasteiger partial charge on any atom is 0.267 e. The Bertz CT molecular complexity index is 828. The van der Waals surface area contributed by atoms with E-state index >= 15 is 0 Å². The normalized spacial score (nSPS) is 10.6. The molecule has 2 rings (SSSR count). The van der Waals surface area contributed by atoms with Crippen molar-refractivity contribution in [2.75, 3.05) is 17.7 Å². The summed E-state index contributed by atoms with van der Waals surface area (Å²) in [5.41, 5.74) is 0.845. The summed E-state index contributed by atoms with van der Waals surface area (Å²) >= 11 is 5.99. The molecule has 0 fully saturated rings. The summed E-state index contributed by atoms with van der Waals surface area (Å²) in [7, 11) is 1.49. The Hall–Kier alpha value is -3.17. The Morgan fingerprint density at radius 3 is 2.71 bits per heavy atom. The fraction of sp³-hybridized carbons (Fsp3) is 0.0588. The number of carbonyl (C=O) groups is 1. The van der Waals surface area contributed by atoms with Crippen molar-refractivity contribution in [2.45, 2.75) is 0 Å². The number of methoxy groups -OCH3 is 1. The summed E-state index contributed by atoms with van der Waals surface area (Å²) < 4.78 is 5.03. The number of carbonyl (C=O) groups excluding carboxylic acids is 1. The minimum atomic E-state index is -0.591. The van der Waals surface area contributed by atoms with E-state index in [1.54, 1.807) is 24.3 Å². The number of amides is 1. The van der Waals surface area contributed by atoms with E-state index in [4.69, 9.17) is 21.6 Å². The zero-order valence-electron chi connectivity index (χ0n) is 12.7. The highest BCUT2D eigenvalue weighted by atomic mass is 35.5. The van der Waals surface area contributed by atoms with Gasteiger partial charge in [-0.3, -0.25) is 4.79 Å². The maximum absolute atomic E-state index is 12.1. The summed E-state index contributed by atoms with van der Waals surface area (Å²) in [6.07, 6.45) is 1.26. The highest BCUT2D eigenvalue weighted by molar-refractivity contribution is 6.32. The van der Waals surface area contributed by atoms with E-state index in [0.717, 1.165) is 0 Å². The second-order valence-electron chi connectivity index (χ2n) is 4.67. The smallest absolute Gasteiger partial charge is 0.267 e. The van der Waals surface area contributed by atoms with Crippen LogP contribution < -0.4 is 15.4 Å². The SMILES string of the molecule is COc1ccc(NC(=O)/C(C#N)=C\Nc2cccc(O)c2)cc1Cl. The molecule has 0 saturated heterocycles. The molecule has 24 heavy (non-hydrogen) atoms. The van der Waals surface area contributed by atoms with Gasteiger partial charge in [-0.25, -0.2) is 0 Å². The van der Waals surface area contributed by atoms with Crippen LogP contribution in [0.2, 0.25) is 5.02 Å². The number of hydrogen-bond acceptors (Lipinski definition) is 5. The summed E-state index contributed by atoms with van der Waals surface area (Å²) in [6.45, 7) is 0. The number of benzene rings is 2. The van der Waals surface area contributed by atoms with Gasteiger partial charge in [-0.2, -0.15) is 5.26 Å². The van der Waals surface area contributed by atoms with Crippen LogP contribution in [0.3, 0.4) is 0 Å². The van der Waals surface area contributed by atoms with Crippen molar-refractivity contribution in [3.05, 3.63) is 59.3 Å². The molecule has 3 N–H and O–H groups in total. The Kier molecular flexibility index (Phi) is 5.66. The molecule has 0 heterocycles. The highest BCUT2D eigenvalue weighted by Gasteiger charge is 2.10. The molecule has 0 aliphatic carbocycles. The molecule has 0 atom stereocenters. The first-order chi connectivity index (χ1) is 11.5. The number of hydrogen-bond donors (Lipinski definition) is 3. The lowest BCUT2D eigenvalue weighted by Crippen LogP contribution is -2.14. The molecule has 1 amide bonds. The lowest BCUT2D eigenvalue weighted by Gasteiger charge is -2.08. The van der Waals surface area contributed by atoms with Crippen molar-refractivity contribution in [3.63, 3.8) is 0 Å². The highest BCUT2D eigenvalue weighted by Crippen LogP contribution is 2.27. The van der Waals surface area contributed by atoms with E-state index in [0.29, 0.717) is 22.1 Å². The topological polar surface area (TPSA) is 94.4 Å². The van der Waals surface area contributed by atoms with E-state index in [-0.39, 0.29) is 11.3 Å². The van der Waals surface area contributed by atoms with Crippen LogP contribution in [-0.2, 0) is 4.79 Å². The van der Waals surface area contributed by atoms with Gasteiger partial charge in [0, 0.05) is 23.6 Å². The van der Waals surface area contributed by atoms with Crippen LogP contribution in [0, 0.1) is 11.3 Å². The Morgan fingerprint density at radius 2 is 2.08 bits per heavy atom. The molecule has 0 saturated carbocycles. The Labute approximate surface area is 143 Å². The number of phenolic OH excluding ortho intramolecular Hbond substituents is 1. The average Bonchev–Trinajstić information content (AvgIpc) is 2.55. The number of anilines is 2. The third-order valence-electron chi connectivity index (χ3n) is 3.00. The van der Waals surface area contributed by atoms with Crippen LogP contribution in [0.25, 0.3) is 0 Å². The molecule has 0 aliphatic heterocycles. The Morgan fingerprint density at radius 1 is 1.29 bits per heavy atom. The van der Waals surface area contributed by atoms with Crippen molar-refractivity contribution in [1.82, 2.24) is 0 Å². The predicted octanol–water partition coefficient (Wildman–Crippen LogP) is 3.51. The average molecular weight is 344 g/mol. The molecule has 122 valence electrons. The van der Waals surface area contributed by atoms with Crippen LogP contribution in [0.15, 0.2) is 54.2 Å². The number of nitriles is 1. The molecule has 6 nitrogen and oxygen atoms in total. The lowest BCUT2D eigenvalue weighted by atomic mass is 10.2. The molecule has 0 aliphatic rings. The first-order valence-electron chi connectivity index (χ1n) is 6.84. The van der Waals surface area contributed by atoms with Crippen LogP contribution in [0.5, 0.6) is 11.5 Å². The van der Waals surface area contributed by atoms with Gasteiger partial charge in [-0.05, 0) is 30.3 Å². The van der Waals surface area contributed by atoms with Gasteiger partial charge in [0.1, 0.15) is 23.1 Å². The maximum atomic E-state index is 12.1. The van der Waals surface area contributed by atoms with Crippen LogP contribution >= 0.6 is 11.6 Å². The van der Waals surface area contributed by atoms with Gasteiger partial charge in [0.25, 0.3) is 5.91 Å². The first-order valence-corrected chi connectivity index (χ1v) is 7.22. The van der Waals surface area contributed by atoms with Gasteiger partial charge in [-0.15, -0.1) is 0 Å². The van der Waals surface area contributed by atoms with Crippen LogP contribution in [0.4, 0.5) is 11.4 Å². The number of rotatable bonds is 5. The number of aromatic hydroxyl groups is 1. The minimum absolute atomic E-state index is 0.0734. The number of nitrogens with zero attached hydrogens (tertiary/aromatic N) is 1. The number of phenols is 1. The monoisotopic (exact) mass is 343 g/mol. The quantitative estimate of drug-likeness (QED) is 0.570. The van der Waals surface area contributed by atoms with Crippen LogP contribution in [0.1, 0.15) is 0 Å². The largest absolute Gasteiger partial charge is 0.508 e. The van der Waals surface area contributed by atoms with Gasteiger partial charge >= 0.3 is 0 Å². The van der Waals surface area contributed by atoms with Crippen molar-refractivity contribution < 1.29 is 14.6 Å². The van der Waals surface area contributed by atoms with E-state index in [2.05, 4.69) is 10.6 Å². The molecule has 2 aromatic carbocycles. The second kappa shape index (κ2) is 7.90. The van der Waals surface area contributed by atoms with E-state index in [9.17, 15) is 9.90 Å². The number of halogens is 1. The lowest BCUT2D eigenvalue weighted by molar-refractivity contribution is -0.112. The fourth-order valence-electron chi connectivity index (χ4n) is 1.84. The molecular weight excluding hydrogens is 330 g/mol. The molecule has 0 spiro atoms. The number of nitrogens with one attached hydrogen (secondary N) is 2. The van der Waals surface area contributed by atoms with Gasteiger partial charge in [0.05, 0.1) is 12.1 Å². The zero-order valence-corrected chi connectivity index (χ0v) is 13.5. The minimum Gasteiger partial charge on any atom is -0.508 e. The van der Waals surface area contributed by atoms with E-state index in [1.807, 2.05) is 6.07 Å². The standard InChI is InChI=1S/C17H14ClN3O3/c1-24-16-6-5-13(8-15(16)18)21-17(23)11(9-19)10-20-12-3-2-4-14(22)7-12/h2-8,10,20,22H,1H3,(H,21,23)/b11-10-.